The van der Waals surface area contributed by atoms with Gasteiger partial charge in [0.2, 0.25) is 0 Å². The van der Waals surface area contributed by atoms with Crippen molar-refractivity contribution in [3.8, 4) is 0 Å². The Morgan fingerprint density at radius 2 is 1.00 bits per heavy atom. The summed E-state index contributed by atoms with van der Waals surface area (Å²) in [4.78, 5) is 54.6. The van der Waals surface area contributed by atoms with Crippen molar-refractivity contribution in [2.24, 2.45) is 0 Å². The second-order valence-electron chi connectivity index (χ2n) is 3.73. The van der Waals surface area contributed by atoms with Crippen LogP contribution in [-0.2, 0) is 0 Å². The van der Waals surface area contributed by atoms with Gasteiger partial charge in [0.25, 0.3) is 11.1 Å². The molecule has 0 radical (unpaired) electrons. The minimum atomic E-state index is -0.683. The van der Waals surface area contributed by atoms with Crippen molar-refractivity contribution in [1.29, 1.82) is 0 Å². The van der Waals surface area contributed by atoms with E-state index in [1.807, 2.05) is 9.97 Å². The van der Waals surface area contributed by atoms with E-state index >= 15 is 0 Å². The minimum Gasteiger partial charge on any atom is -0.307 e. The Balaban J connectivity index is 2.79. The van der Waals surface area contributed by atoms with Gasteiger partial charge >= 0.3 is 11.4 Å². The van der Waals surface area contributed by atoms with Gasteiger partial charge in [0.05, 0.1) is 21.8 Å². The van der Waals surface area contributed by atoms with E-state index in [0.29, 0.717) is 0 Å². The van der Waals surface area contributed by atoms with Crippen LogP contribution in [0, 0.1) is 0 Å². The number of hydrogen-bond acceptors (Lipinski definition) is 4. The van der Waals surface area contributed by atoms with Crippen LogP contribution >= 0.6 is 0 Å². The predicted octanol–water partition coefficient (Wildman–Crippen LogP) is -1.25. The molecule has 1 aromatic carbocycles. The molecule has 0 aliphatic carbocycles. The van der Waals surface area contributed by atoms with E-state index in [0.717, 1.165) is 0 Å². The van der Waals surface area contributed by atoms with Gasteiger partial charge in [-0.15, -0.1) is 0 Å². The summed E-state index contributed by atoms with van der Waals surface area (Å²) in [6, 6.07) is 2.90. The number of benzene rings is 1. The minimum absolute atomic E-state index is 0.0320. The second kappa shape index (κ2) is 3.29. The topological polar surface area (TPSA) is 131 Å². The molecule has 0 atom stereocenters. The van der Waals surface area contributed by atoms with E-state index in [1.165, 1.54) is 12.1 Å². The van der Waals surface area contributed by atoms with E-state index < -0.39 is 22.5 Å². The third-order valence-corrected chi connectivity index (χ3v) is 2.61. The molecule has 2 aromatic heterocycles. The van der Waals surface area contributed by atoms with Crippen LogP contribution < -0.4 is 22.5 Å². The van der Waals surface area contributed by atoms with Crippen LogP contribution in [-0.4, -0.2) is 19.9 Å². The number of aromatic amines is 4. The van der Waals surface area contributed by atoms with E-state index in [4.69, 9.17) is 0 Å². The van der Waals surface area contributed by atoms with Crippen molar-refractivity contribution in [3.63, 3.8) is 0 Å². The van der Waals surface area contributed by atoms with Crippen molar-refractivity contribution in [2.75, 3.05) is 0 Å². The summed E-state index contributed by atoms with van der Waals surface area (Å²) in [6.45, 7) is 0. The standard InChI is InChI=1S/C10H6N4O4/c15-7-5-3(11-9(17)13-7)1-2-4-6(5)8(16)14-10(18)12-4/h1-2H,(H2,11,13,15,17)(H2,12,14,16,18). The summed E-state index contributed by atoms with van der Waals surface area (Å²) in [5.41, 5.74) is -2.23. The number of fused-ring (bicyclic) bond motifs is 3. The molecule has 0 aliphatic rings. The van der Waals surface area contributed by atoms with Gasteiger partial charge in [-0.25, -0.2) is 9.59 Å². The molecule has 0 saturated carbocycles. The highest BCUT2D eigenvalue weighted by atomic mass is 16.2. The highest BCUT2D eigenvalue weighted by molar-refractivity contribution is 6.03. The number of aromatic nitrogens is 4. The summed E-state index contributed by atoms with van der Waals surface area (Å²) in [7, 11) is 0. The maximum Gasteiger partial charge on any atom is 0.326 e. The molecule has 0 bridgehead atoms. The van der Waals surface area contributed by atoms with Crippen molar-refractivity contribution in [2.45, 2.75) is 0 Å². The Bertz CT molecular complexity index is 922. The molecule has 4 N–H and O–H groups in total. The molecule has 8 heteroatoms. The lowest BCUT2D eigenvalue weighted by Crippen LogP contribution is -2.26. The second-order valence-corrected chi connectivity index (χ2v) is 3.73. The van der Waals surface area contributed by atoms with Gasteiger partial charge in [-0.1, -0.05) is 0 Å². The Hall–Kier alpha value is -2.90. The molecule has 2 heterocycles. The first-order chi connectivity index (χ1) is 8.56. The molecule has 0 fully saturated rings. The van der Waals surface area contributed by atoms with Crippen LogP contribution in [0.4, 0.5) is 0 Å². The van der Waals surface area contributed by atoms with Gasteiger partial charge in [-0.3, -0.25) is 19.6 Å². The van der Waals surface area contributed by atoms with Crippen LogP contribution in [0.3, 0.4) is 0 Å². The first kappa shape index (κ1) is 10.3. The number of hydrogen-bond donors (Lipinski definition) is 4. The largest absolute Gasteiger partial charge is 0.326 e. The van der Waals surface area contributed by atoms with E-state index in [1.54, 1.807) is 0 Å². The summed E-state index contributed by atoms with van der Waals surface area (Å²) in [6.07, 6.45) is 0. The smallest absolute Gasteiger partial charge is 0.307 e. The van der Waals surface area contributed by atoms with Crippen LogP contribution in [0.25, 0.3) is 21.8 Å². The van der Waals surface area contributed by atoms with E-state index in [9.17, 15) is 19.2 Å². The summed E-state index contributed by atoms with van der Waals surface area (Å²) >= 11 is 0. The third-order valence-electron chi connectivity index (χ3n) is 2.61. The van der Waals surface area contributed by atoms with Gasteiger partial charge in [-0.2, -0.15) is 0 Å². The van der Waals surface area contributed by atoms with Crippen LogP contribution in [0.15, 0.2) is 31.3 Å². The highest BCUT2D eigenvalue weighted by Gasteiger charge is 2.10. The monoisotopic (exact) mass is 246 g/mol. The normalized spacial score (nSPS) is 11.1. The lowest BCUT2D eigenvalue weighted by Gasteiger charge is -2.00. The van der Waals surface area contributed by atoms with Gasteiger partial charge in [0.15, 0.2) is 0 Å². The fourth-order valence-corrected chi connectivity index (χ4v) is 1.92. The van der Waals surface area contributed by atoms with Gasteiger partial charge in [0, 0.05) is 0 Å². The quantitative estimate of drug-likeness (QED) is 0.369. The van der Waals surface area contributed by atoms with Crippen molar-refractivity contribution in [3.05, 3.63) is 53.8 Å². The van der Waals surface area contributed by atoms with Crippen molar-refractivity contribution in [1.82, 2.24) is 19.9 Å². The number of H-pyrrole nitrogens is 4. The highest BCUT2D eigenvalue weighted by Crippen LogP contribution is 2.13. The van der Waals surface area contributed by atoms with Crippen LogP contribution in [0.5, 0.6) is 0 Å². The Morgan fingerprint density at radius 3 is 1.39 bits per heavy atom. The first-order valence-corrected chi connectivity index (χ1v) is 4.98. The molecule has 0 saturated heterocycles. The molecular formula is C10H6N4O4. The van der Waals surface area contributed by atoms with Crippen LogP contribution in [0.1, 0.15) is 0 Å². The zero-order valence-corrected chi connectivity index (χ0v) is 8.79. The first-order valence-electron chi connectivity index (χ1n) is 4.98. The maximum atomic E-state index is 11.7. The summed E-state index contributed by atoms with van der Waals surface area (Å²) < 4.78 is 0. The average Bonchev–Trinajstić information content (AvgIpc) is 2.28. The molecule has 3 rings (SSSR count). The predicted molar refractivity (Wildman–Crippen MR) is 63.9 cm³/mol. The molecule has 0 amide bonds. The molecular weight excluding hydrogens is 240 g/mol. The fraction of sp³-hybridized carbons (Fsp3) is 0. The molecule has 8 nitrogen and oxygen atoms in total. The SMILES string of the molecule is O=c1[nH]c(=O)c2c(ccc3[nH]c(=O)[nH]c(=O)c32)[nH]1. The lowest BCUT2D eigenvalue weighted by molar-refractivity contribution is 1.07. The number of nitrogens with one attached hydrogen (secondary N) is 4. The maximum absolute atomic E-state index is 11.7. The molecule has 3 aromatic rings. The summed E-state index contributed by atoms with van der Waals surface area (Å²) in [5, 5.41) is 0.0641. The van der Waals surface area contributed by atoms with Crippen LogP contribution in [0.2, 0.25) is 0 Å². The Morgan fingerprint density at radius 1 is 0.611 bits per heavy atom. The molecule has 90 valence electrons. The Labute approximate surface area is 96.3 Å². The van der Waals surface area contributed by atoms with Gasteiger partial charge in [0.1, 0.15) is 0 Å². The van der Waals surface area contributed by atoms with Gasteiger partial charge < -0.3 is 9.97 Å². The fourth-order valence-electron chi connectivity index (χ4n) is 1.92. The zero-order chi connectivity index (χ0) is 12.9. The zero-order valence-electron chi connectivity index (χ0n) is 8.79. The lowest BCUT2D eigenvalue weighted by atomic mass is 10.1. The van der Waals surface area contributed by atoms with E-state index in [-0.39, 0.29) is 21.8 Å². The van der Waals surface area contributed by atoms with E-state index in [2.05, 4.69) is 9.97 Å². The third kappa shape index (κ3) is 1.32. The Kier molecular flexibility index (Phi) is 1.88. The average molecular weight is 246 g/mol. The van der Waals surface area contributed by atoms with Crippen molar-refractivity contribution < 1.29 is 0 Å². The number of rotatable bonds is 0. The van der Waals surface area contributed by atoms with Gasteiger partial charge in [-0.05, 0) is 12.1 Å². The molecule has 0 aliphatic heterocycles. The molecule has 0 spiro atoms. The molecule has 0 unspecified atom stereocenters. The summed E-state index contributed by atoms with van der Waals surface area (Å²) in [5.74, 6) is 0. The van der Waals surface area contributed by atoms with Crippen molar-refractivity contribution >= 4 is 21.8 Å². The molecule has 18 heavy (non-hydrogen) atoms.